The van der Waals surface area contributed by atoms with Crippen molar-refractivity contribution in [3.8, 4) is 0 Å². The number of hydrogen-bond acceptors (Lipinski definition) is 4. The van der Waals surface area contributed by atoms with Crippen LogP contribution in [-0.4, -0.2) is 31.8 Å². The van der Waals surface area contributed by atoms with Crippen LogP contribution in [0.15, 0.2) is 12.3 Å². The number of nitrogens with one attached hydrogen (secondary N) is 1. The molecule has 0 bridgehead atoms. The fourth-order valence-corrected chi connectivity index (χ4v) is 1.84. The molecule has 0 amide bonds. The highest BCUT2D eigenvalue weighted by atomic mass is 15.4. The van der Waals surface area contributed by atoms with E-state index in [0.717, 1.165) is 30.2 Å². The molecule has 2 aromatic rings. The van der Waals surface area contributed by atoms with Crippen LogP contribution < -0.4 is 5.32 Å². The second-order valence-corrected chi connectivity index (χ2v) is 4.03. The smallest absolute Gasteiger partial charge is 0.0964 e. The summed E-state index contributed by atoms with van der Waals surface area (Å²) in [6.07, 6.45) is 1.96. The second kappa shape index (κ2) is 5.09. The molecule has 2 aromatic heterocycles. The first-order valence-electron chi connectivity index (χ1n) is 5.80. The topological polar surface area (TPSA) is 60.6 Å². The van der Waals surface area contributed by atoms with E-state index < -0.39 is 0 Å². The quantitative estimate of drug-likeness (QED) is 0.821. The monoisotopic (exact) mass is 234 g/mol. The second-order valence-electron chi connectivity index (χ2n) is 4.03. The van der Waals surface area contributed by atoms with Crippen LogP contribution in [0.5, 0.6) is 0 Å². The van der Waals surface area contributed by atoms with Crippen LogP contribution in [0.4, 0.5) is 0 Å². The largest absolute Gasteiger partial charge is 0.314 e. The van der Waals surface area contributed by atoms with Crippen LogP contribution in [0.3, 0.4) is 0 Å². The van der Waals surface area contributed by atoms with E-state index in [2.05, 4.69) is 33.7 Å². The first-order chi connectivity index (χ1) is 8.22. The lowest BCUT2D eigenvalue weighted by Crippen LogP contribution is -2.08. The molecule has 6 nitrogen and oxygen atoms in total. The minimum absolute atomic E-state index is 0.714. The third-order valence-corrected chi connectivity index (χ3v) is 2.55. The van der Waals surface area contributed by atoms with Crippen LogP contribution in [-0.2, 0) is 19.6 Å². The Kier molecular flexibility index (Phi) is 3.53. The lowest BCUT2D eigenvalue weighted by molar-refractivity contribution is 0.565. The van der Waals surface area contributed by atoms with Crippen LogP contribution >= 0.6 is 0 Å². The molecule has 6 heteroatoms. The number of aromatic nitrogens is 5. The predicted octanol–water partition coefficient (Wildman–Crippen LogP) is 0.571. The average molecular weight is 234 g/mol. The summed E-state index contributed by atoms with van der Waals surface area (Å²) in [5, 5.41) is 15.7. The molecule has 0 aliphatic carbocycles. The van der Waals surface area contributed by atoms with Gasteiger partial charge in [0.25, 0.3) is 0 Å². The van der Waals surface area contributed by atoms with E-state index in [1.165, 1.54) is 0 Å². The number of nitrogens with zero attached hydrogens (tertiary/aromatic N) is 5. The lowest BCUT2D eigenvalue weighted by Gasteiger charge is -2.03. The van der Waals surface area contributed by atoms with E-state index >= 15 is 0 Å². The Hall–Kier alpha value is -1.69. The predicted molar refractivity (Wildman–Crippen MR) is 64.5 cm³/mol. The highest BCUT2D eigenvalue weighted by molar-refractivity contribution is 5.09. The third-order valence-electron chi connectivity index (χ3n) is 2.55. The maximum atomic E-state index is 4.41. The maximum Gasteiger partial charge on any atom is 0.0964 e. The van der Waals surface area contributed by atoms with Gasteiger partial charge in [0.1, 0.15) is 0 Å². The Morgan fingerprint density at radius 2 is 2.24 bits per heavy atom. The fraction of sp³-hybridized carbons (Fsp3) is 0.545. The summed E-state index contributed by atoms with van der Waals surface area (Å²) in [5.74, 6) is 0. The van der Waals surface area contributed by atoms with E-state index in [0.29, 0.717) is 6.54 Å². The molecule has 0 aromatic carbocycles. The van der Waals surface area contributed by atoms with Crippen molar-refractivity contribution in [1.82, 2.24) is 30.1 Å². The van der Waals surface area contributed by atoms with Crippen molar-refractivity contribution >= 4 is 0 Å². The van der Waals surface area contributed by atoms with Crippen LogP contribution in [0.2, 0.25) is 0 Å². The molecule has 0 fully saturated rings. The molecule has 17 heavy (non-hydrogen) atoms. The standard InChI is InChI=1S/C11H18N6/c1-4-17-11(5-9(2)14-17)8-16-7-10(6-12-3)13-15-16/h5,7,12H,4,6,8H2,1-3H3. The van der Waals surface area contributed by atoms with Crippen molar-refractivity contribution in [2.75, 3.05) is 7.05 Å². The Morgan fingerprint density at radius 3 is 2.94 bits per heavy atom. The average Bonchev–Trinajstić information content (AvgIpc) is 2.87. The number of aryl methyl sites for hydroxylation is 2. The Balaban J connectivity index is 2.13. The lowest BCUT2D eigenvalue weighted by atomic mass is 10.3. The summed E-state index contributed by atoms with van der Waals surface area (Å²) in [7, 11) is 1.90. The highest BCUT2D eigenvalue weighted by Gasteiger charge is 2.06. The molecule has 0 saturated heterocycles. The highest BCUT2D eigenvalue weighted by Crippen LogP contribution is 2.06. The molecule has 0 saturated carbocycles. The van der Waals surface area contributed by atoms with Crippen molar-refractivity contribution in [2.24, 2.45) is 0 Å². The summed E-state index contributed by atoms with van der Waals surface area (Å²) in [4.78, 5) is 0. The summed E-state index contributed by atoms with van der Waals surface area (Å²) in [6.45, 7) is 6.42. The van der Waals surface area contributed by atoms with Crippen molar-refractivity contribution < 1.29 is 0 Å². The SMILES string of the molecule is CCn1nc(C)cc1Cn1cc(CNC)nn1. The Labute approximate surface area is 101 Å². The summed E-state index contributed by atoms with van der Waals surface area (Å²) in [6, 6.07) is 2.09. The molecule has 0 aliphatic rings. The minimum atomic E-state index is 0.714. The first kappa shape index (κ1) is 11.8. The van der Waals surface area contributed by atoms with Crippen molar-refractivity contribution in [1.29, 1.82) is 0 Å². The van der Waals surface area contributed by atoms with E-state index in [1.54, 1.807) is 0 Å². The molecule has 2 heterocycles. The van der Waals surface area contributed by atoms with Gasteiger partial charge in [-0.25, -0.2) is 4.68 Å². The maximum absolute atomic E-state index is 4.41. The van der Waals surface area contributed by atoms with Crippen LogP contribution in [0, 0.1) is 6.92 Å². The van der Waals surface area contributed by atoms with Gasteiger partial charge in [0.2, 0.25) is 0 Å². The molecule has 0 atom stereocenters. The summed E-state index contributed by atoms with van der Waals surface area (Å²) < 4.78 is 3.84. The zero-order chi connectivity index (χ0) is 12.3. The Bertz CT molecular complexity index is 484. The van der Waals surface area contributed by atoms with E-state index in [9.17, 15) is 0 Å². The van der Waals surface area contributed by atoms with Gasteiger partial charge in [0.15, 0.2) is 0 Å². The van der Waals surface area contributed by atoms with Gasteiger partial charge < -0.3 is 5.32 Å². The molecular formula is C11H18N6. The summed E-state index contributed by atoms with van der Waals surface area (Å²) >= 11 is 0. The van der Waals surface area contributed by atoms with Gasteiger partial charge in [-0.15, -0.1) is 5.10 Å². The van der Waals surface area contributed by atoms with Crippen molar-refractivity contribution in [3.05, 3.63) is 29.3 Å². The number of rotatable bonds is 5. The minimum Gasteiger partial charge on any atom is -0.314 e. The zero-order valence-electron chi connectivity index (χ0n) is 10.5. The van der Waals surface area contributed by atoms with Crippen LogP contribution in [0.1, 0.15) is 24.0 Å². The molecular weight excluding hydrogens is 216 g/mol. The van der Waals surface area contributed by atoms with E-state index in [4.69, 9.17) is 0 Å². The molecule has 1 N–H and O–H groups in total. The van der Waals surface area contributed by atoms with Gasteiger partial charge in [0, 0.05) is 13.1 Å². The number of hydrogen-bond donors (Lipinski definition) is 1. The Morgan fingerprint density at radius 1 is 1.41 bits per heavy atom. The van der Waals surface area contributed by atoms with Gasteiger partial charge in [-0.2, -0.15) is 5.10 Å². The molecule has 0 radical (unpaired) electrons. The van der Waals surface area contributed by atoms with E-state index in [-0.39, 0.29) is 0 Å². The van der Waals surface area contributed by atoms with Gasteiger partial charge in [-0.3, -0.25) is 4.68 Å². The van der Waals surface area contributed by atoms with Crippen molar-refractivity contribution in [2.45, 2.75) is 33.5 Å². The van der Waals surface area contributed by atoms with Gasteiger partial charge >= 0.3 is 0 Å². The van der Waals surface area contributed by atoms with Crippen LogP contribution in [0.25, 0.3) is 0 Å². The normalized spacial score (nSPS) is 11.0. The molecule has 92 valence electrons. The van der Waals surface area contributed by atoms with E-state index in [1.807, 2.05) is 29.5 Å². The summed E-state index contributed by atoms with van der Waals surface area (Å²) in [5.41, 5.74) is 3.15. The van der Waals surface area contributed by atoms with Gasteiger partial charge in [-0.1, -0.05) is 5.21 Å². The molecule has 0 unspecified atom stereocenters. The molecule has 2 rings (SSSR count). The van der Waals surface area contributed by atoms with Gasteiger partial charge in [-0.05, 0) is 27.0 Å². The van der Waals surface area contributed by atoms with Gasteiger partial charge in [0.05, 0.1) is 29.8 Å². The molecule has 0 aliphatic heterocycles. The fourth-order valence-electron chi connectivity index (χ4n) is 1.84. The van der Waals surface area contributed by atoms with Crippen molar-refractivity contribution in [3.63, 3.8) is 0 Å². The zero-order valence-corrected chi connectivity index (χ0v) is 10.5. The third kappa shape index (κ3) is 2.71. The first-order valence-corrected chi connectivity index (χ1v) is 5.80. The molecule has 0 spiro atoms.